The van der Waals surface area contributed by atoms with Gasteiger partial charge in [0.05, 0.1) is 6.61 Å². The molecule has 0 saturated heterocycles. The van der Waals surface area contributed by atoms with Gasteiger partial charge in [-0.1, -0.05) is 0 Å². The molecule has 0 amide bonds. The van der Waals surface area contributed by atoms with Crippen LogP contribution in [0.25, 0.3) is 0 Å². The third-order valence-electron chi connectivity index (χ3n) is 5.03. The van der Waals surface area contributed by atoms with Crippen LogP contribution in [0.2, 0.25) is 0 Å². The van der Waals surface area contributed by atoms with Crippen molar-refractivity contribution in [2.24, 2.45) is 5.92 Å². The van der Waals surface area contributed by atoms with Crippen molar-refractivity contribution >= 4 is 17.9 Å². The molecule has 156 valence electrons. The molecule has 0 heterocycles. The first-order chi connectivity index (χ1) is 13.3. The van der Waals surface area contributed by atoms with Crippen LogP contribution in [0.5, 0.6) is 5.75 Å². The number of benzene rings is 1. The van der Waals surface area contributed by atoms with Crippen LogP contribution in [0.1, 0.15) is 56.3 Å². The molecule has 1 aromatic carbocycles. The van der Waals surface area contributed by atoms with E-state index in [0.717, 1.165) is 31.7 Å². The smallest absolute Gasteiger partial charge is 0.466 e. The largest absolute Gasteiger partial charge is 0.573 e. The van der Waals surface area contributed by atoms with Crippen molar-refractivity contribution in [3.63, 3.8) is 0 Å². The van der Waals surface area contributed by atoms with Gasteiger partial charge in [-0.15, -0.1) is 13.2 Å². The summed E-state index contributed by atoms with van der Waals surface area (Å²) in [6.07, 6.45) is -0.419. The van der Waals surface area contributed by atoms with E-state index in [1.54, 1.807) is 6.92 Å². The number of hydrogen-bond donors (Lipinski definition) is 0. The van der Waals surface area contributed by atoms with Gasteiger partial charge < -0.3 is 14.4 Å². The average Bonchev–Trinajstić information content (AvgIpc) is 2.63. The van der Waals surface area contributed by atoms with Crippen LogP contribution in [-0.4, -0.2) is 37.8 Å². The number of carbonyl (C=O) groups is 2. The van der Waals surface area contributed by atoms with Crippen molar-refractivity contribution in [3.05, 3.63) is 23.8 Å². The second-order valence-electron chi connectivity index (χ2n) is 6.86. The first-order valence-corrected chi connectivity index (χ1v) is 9.54. The lowest BCUT2D eigenvalue weighted by atomic mass is 9.83. The van der Waals surface area contributed by atoms with Crippen LogP contribution in [0.4, 0.5) is 18.9 Å². The summed E-state index contributed by atoms with van der Waals surface area (Å²) in [5, 5.41) is 0. The van der Waals surface area contributed by atoms with Crippen LogP contribution < -0.4 is 9.64 Å². The fraction of sp³-hybridized carbons (Fsp3) is 0.600. The Morgan fingerprint density at radius 1 is 1.21 bits per heavy atom. The Hall–Kier alpha value is -2.25. The quantitative estimate of drug-likeness (QED) is 0.465. The third-order valence-corrected chi connectivity index (χ3v) is 5.03. The molecular formula is C20H26F3NO4. The van der Waals surface area contributed by atoms with E-state index >= 15 is 0 Å². The summed E-state index contributed by atoms with van der Waals surface area (Å²) in [5.41, 5.74) is 0.762. The van der Waals surface area contributed by atoms with Crippen molar-refractivity contribution in [1.29, 1.82) is 0 Å². The predicted octanol–water partition coefficient (Wildman–Crippen LogP) is 4.74. The first kappa shape index (κ1) is 22.0. The standard InChI is InChI=1S/C20H26F3NO4/c1-3-24(16-7-5-14(6-8-16)11-19(26)27-4-2)18-10-9-17(12-15(18)13-25)28-20(21,22)23/h9-10,12-14,16H,3-8,11H2,1-2H3. The molecule has 0 unspecified atom stereocenters. The van der Waals surface area contributed by atoms with E-state index in [1.165, 1.54) is 12.1 Å². The molecule has 0 bridgehead atoms. The van der Waals surface area contributed by atoms with E-state index in [4.69, 9.17) is 4.74 Å². The number of esters is 1. The van der Waals surface area contributed by atoms with Gasteiger partial charge in [-0.2, -0.15) is 0 Å². The first-order valence-electron chi connectivity index (χ1n) is 9.54. The molecule has 2 rings (SSSR count). The van der Waals surface area contributed by atoms with E-state index in [-0.39, 0.29) is 23.5 Å². The van der Waals surface area contributed by atoms with Gasteiger partial charge in [0.25, 0.3) is 0 Å². The van der Waals surface area contributed by atoms with Crippen LogP contribution in [0, 0.1) is 5.92 Å². The van der Waals surface area contributed by atoms with Crippen LogP contribution in [0.3, 0.4) is 0 Å². The summed E-state index contributed by atoms with van der Waals surface area (Å²) in [6.45, 7) is 4.72. The summed E-state index contributed by atoms with van der Waals surface area (Å²) in [7, 11) is 0. The number of ether oxygens (including phenoxy) is 2. The average molecular weight is 401 g/mol. The zero-order chi connectivity index (χ0) is 20.7. The molecule has 28 heavy (non-hydrogen) atoms. The Kier molecular flexibility index (Phi) is 7.71. The molecule has 0 aliphatic heterocycles. The number of nitrogens with zero attached hydrogens (tertiary/aromatic N) is 1. The number of carbonyl (C=O) groups excluding carboxylic acids is 2. The van der Waals surface area contributed by atoms with Crippen molar-refractivity contribution < 1.29 is 32.2 Å². The van der Waals surface area contributed by atoms with E-state index in [9.17, 15) is 22.8 Å². The SMILES string of the molecule is CCOC(=O)CC1CCC(N(CC)c2ccc(OC(F)(F)F)cc2C=O)CC1. The van der Waals surface area contributed by atoms with Crippen LogP contribution in [0.15, 0.2) is 18.2 Å². The van der Waals surface area contributed by atoms with E-state index in [0.29, 0.717) is 31.5 Å². The number of aldehydes is 1. The summed E-state index contributed by atoms with van der Waals surface area (Å²) < 4.78 is 46.2. The zero-order valence-corrected chi connectivity index (χ0v) is 16.1. The molecule has 1 saturated carbocycles. The minimum Gasteiger partial charge on any atom is -0.466 e. The lowest BCUT2D eigenvalue weighted by Crippen LogP contribution is -2.39. The highest BCUT2D eigenvalue weighted by molar-refractivity contribution is 5.85. The highest BCUT2D eigenvalue weighted by atomic mass is 19.4. The van der Waals surface area contributed by atoms with Crippen molar-refractivity contribution in [2.75, 3.05) is 18.1 Å². The van der Waals surface area contributed by atoms with E-state index < -0.39 is 12.1 Å². The Morgan fingerprint density at radius 3 is 2.43 bits per heavy atom. The van der Waals surface area contributed by atoms with Gasteiger partial charge >= 0.3 is 12.3 Å². The van der Waals surface area contributed by atoms with E-state index in [1.807, 2.05) is 11.8 Å². The number of halogens is 3. The zero-order valence-electron chi connectivity index (χ0n) is 16.1. The molecule has 1 aromatic rings. The lowest BCUT2D eigenvalue weighted by molar-refractivity contribution is -0.274. The molecule has 0 spiro atoms. The maximum Gasteiger partial charge on any atom is 0.573 e. The molecule has 0 radical (unpaired) electrons. The Balaban J connectivity index is 2.07. The summed E-state index contributed by atoms with van der Waals surface area (Å²) >= 11 is 0. The van der Waals surface area contributed by atoms with Gasteiger partial charge in [-0.05, 0) is 63.6 Å². The molecule has 0 atom stereocenters. The summed E-state index contributed by atoms with van der Waals surface area (Å²) in [5.74, 6) is -0.309. The maximum absolute atomic E-state index is 12.4. The van der Waals surface area contributed by atoms with Crippen molar-refractivity contribution in [3.8, 4) is 5.75 Å². The Morgan fingerprint density at radius 2 is 1.89 bits per heavy atom. The Labute approximate surface area is 162 Å². The Bertz CT molecular complexity index is 670. The van der Waals surface area contributed by atoms with Gasteiger partial charge in [0.2, 0.25) is 0 Å². The van der Waals surface area contributed by atoms with Gasteiger partial charge in [-0.25, -0.2) is 0 Å². The lowest BCUT2D eigenvalue weighted by Gasteiger charge is -2.38. The van der Waals surface area contributed by atoms with Gasteiger partial charge in [-0.3, -0.25) is 9.59 Å². The second kappa shape index (κ2) is 9.80. The summed E-state index contributed by atoms with van der Waals surface area (Å²) in [4.78, 5) is 25.2. The van der Waals surface area contributed by atoms with Gasteiger partial charge in [0.1, 0.15) is 5.75 Å². The summed E-state index contributed by atoms with van der Waals surface area (Å²) in [6, 6.07) is 4.01. The van der Waals surface area contributed by atoms with Crippen molar-refractivity contribution in [2.45, 2.75) is 58.4 Å². The highest BCUT2D eigenvalue weighted by Crippen LogP contribution is 2.35. The fourth-order valence-electron chi connectivity index (χ4n) is 3.83. The van der Waals surface area contributed by atoms with E-state index in [2.05, 4.69) is 4.74 Å². The van der Waals surface area contributed by atoms with Crippen LogP contribution >= 0.6 is 0 Å². The molecule has 0 aromatic heterocycles. The minimum atomic E-state index is -4.80. The number of hydrogen-bond acceptors (Lipinski definition) is 5. The van der Waals surface area contributed by atoms with Gasteiger partial charge in [0, 0.05) is 30.3 Å². The molecule has 5 nitrogen and oxygen atoms in total. The predicted molar refractivity (Wildman–Crippen MR) is 98.5 cm³/mol. The molecule has 1 aliphatic rings. The second-order valence-corrected chi connectivity index (χ2v) is 6.86. The maximum atomic E-state index is 12.4. The number of rotatable bonds is 8. The molecule has 8 heteroatoms. The molecule has 1 aliphatic carbocycles. The fourth-order valence-corrected chi connectivity index (χ4v) is 3.83. The van der Waals surface area contributed by atoms with Crippen LogP contribution in [-0.2, 0) is 9.53 Å². The topological polar surface area (TPSA) is 55.8 Å². The molecule has 0 N–H and O–H groups in total. The molecule has 1 fully saturated rings. The number of alkyl halides is 3. The molecular weight excluding hydrogens is 375 g/mol. The van der Waals surface area contributed by atoms with Crippen molar-refractivity contribution in [1.82, 2.24) is 0 Å². The highest BCUT2D eigenvalue weighted by Gasteiger charge is 2.32. The monoisotopic (exact) mass is 401 g/mol. The van der Waals surface area contributed by atoms with Gasteiger partial charge in [0.15, 0.2) is 6.29 Å². The third kappa shape index (κ3) is 6.14. The minimum absolute atomic E-state index is 0.163. The normalized spacial score (nSPS) is 19.8. The number of anilines is 1.